The molecule has 1 fully saturated rings. The average molecular weight is 524 g/mol. The largest absolute Gasteiger partial charge is 0.454 e. The van der Waals surface area contributed by atoms with Crippen molar-refractivity contribution in [2.45, 2.75) is 17.7 Å². The van der Waals surface area contributed by atoms with Crippen LogP contribution in [0.4, 0.5) is 5.69 Å². The van der Waals surface area contributed by atoms with Gasteiger partial charge in [-0.1, -0.05) is 11.8 Å². The summed E-state index contributed by atoms with van der Waals surface area (Å²) in [6, 6.07) is 12.8. The first-order valence-corrected chi connectivity index (χ1v) is 13.5. The van der Waals surface area contributed by atoms with E-state index in [1.165, 1.54) is 23.1 Å². The summed E-state index contributed by atoms with van der Waals surface area (Å²) in [7, 11) is 0. The van der Waals surface area contributed by atoms with Crippen LogP contribution in [0.5, 0.6) is 11.5 Å². The summed E-state index contributed by atoms with van der Waals surface area (Å²) in [4.78, 5) is 45.5. The first-order chi connectivity index (χ1) is 17.5. The lowest BCUT2D eigenvalue weighted by Gasteiger charge is -2.36. The van der Waals surface area contributed by atoms with E-state index in [0.717, 1.165) is 28.8 Å². The Morgan fingerprint density at radius 3 is 2.44 bits per heavy atom. The SMILES string of the molecule is CC(=O)c1ccc(N2CCN(C(=O)Cc3csc(SCC(=O)c4ccc5c(c4)OCO5)n3)CC2)cc1. The minimum absolute atomic E-state index is 0.0140. The first-order valence-electron chi connectivity index (χ1n) is 11.6. The van der Waals surface area contributed by atoms with Crippen molar-refractivity contribution >= 4 is 46.3 Å². The molecule has 5 rings (SSSR count). The van der Waals surface area contributed by atoms with E-state index in [2.05, 4.69) is 9.88 Å². The summed E-state index contributed by atoms with van der Waals surface area (Å²) < 4.78 is 11.4. The van der Waals surface area contributed by atoms with Gasteiger partial charge in [0.1, 0.15) is 0 Å². The molecule has 1 amide bonds. The summed E-state index contributed by atoms with van der Waals surface area (Å²) in [6.45, 7) is 4.50. The smallest absolute Gasteiger partial charge is 0.231 e. The number of carbonyl (C=O) groups is 3. The Morgan fingerprint density at radius 1 is 0.972 bits per heavy atom. The number of thiazole rings is 1. The molecule has 0 aliphatic carbocycles. The number of benzene rings is 2. The van der Waals surface area contributed by atoms with E-state index in [0.29, 0.717) is 35.7 Å². The van der Waals surface area contributed by atoms with Crippen molar-refractivity contribution in [3.63, 3.8) is 0 Å². The Bertz CT molecular complexity index is 1280. The number of fused-ring (bicyclic) bond motifs is 1. The molecule has 0 saturated carbocycles. The zero-order valence-electron chi connectivity index (χ0n) is 19.8. The number of piperazine rings is 1. The van der Waals surface area contributed by atoms with Gasteiger partial charge >= 0.3 is 0 Å². The molecular formula is C26H25N3O5S2. The molecule has 3 aromatic rings. The zero-order chi connectivity index (χ0) is 25.1. The minimum Gasteiger partial charge on any atom is -0.454 e. The van der Waals surface area contributed by atoms with Gasteiger partial charge in [-0.15, -0.1) is 11.3 Å². The van der Waals surface area contributed by atoms with Crippen LogP contribution in [-0.4, -0.2) is 66.1 Å². The molecule has 0 N–H and O–H groups in total. The number of rotatable bonds is 8. The number of amides is 1. The van der Waals surface area contributed by atoms with Gasteiger partial charge in [-0.2, -0.15) is 0 Å². The molecule has 1 aromatic heterocycles. The molecule has 3 heterocycles. The van der Waals surface area contributed by atoms with Gasteiger partial charge in [0.2, 0.25) is 12.7 Å². The van der Waals surface area contributed by atoms with Crippen LogP contribution in [0.15, 0.2) is 52.2 Å². The lowest BCUT2D eigenvalue weighted by molar-refractivity contribution is -0.130. The Morgan fingerprint density at radius 2 is 1.69 bits per heavy atom. The van der Waals surface area contributed by atoms with Crippen LogP contribution in [0.1, 0.15) is 33.3 Å². The highest BCUT2D eigenvalue weighted by Gasteiger charge is 2.23. The molecule has 186 valence electrons. The average Bonchev–Trinajstić information content (AvgIpc) is 3.56. The van der Waals surface area contributed by atoms with Crippen molar-refractivity contribution in [2.24, 2.45) is 0 Å². The number of anilines is 1. The Balaban J connectivity index is 1.09. The third kappa shape index (κ3) is 5.55. The maximum absolute atomic E-state index is 12.8. The highest BCUT2D eigenvalue weighted by molar-refractivity contribution is 8.01. The molecule has 10 heteroatoms. The number of aromatic nitrogens is 1. The number of carbonyl (C=O) groups excluding carboxylic acids is 3. The monoisotopic (exact) mass is 523 g/mol. The summed E-state index contributed by atoms with van der Waals surface area (Å²) in [5.74, 6) is 1.60. The van der Waals surface area contributed by atoms with Crippen molar-refractivity contribution in [3.8, 4) is 11.5 Å². The minimum atomic E-state index is -0.0140. The van der Waals surface area contributed by atoms with Gasteiger partial charge in [0.25, 0.3) is 0 Å². The second-order valence-corrected chi connectivity index (χ2v) is 10.6. The third-order valence-electron chi connectivity index (χ3n) is 6.16. The fourth-order valence-electron chi connectivity index (χ4n) is 4.10. The highest BCUT2D eigenvalue weighted by Crippen LogP contribution is 2.33. The van der Waals surface area contributed by atoms with Gasteiger partial charge in [0, 0.05) is 48.4 Å². The van der Waals surface area contributed by atoms with Crippen LogP contribution in [0.3, 0.4) is 0 Å². The molecule has 0 bridgehead atoms. The number of hydrogen-bond donors (Lipinski definition) is 0. The fraction of sp³-hybridized carbons (Fsp3) is 0.308. The number of thioether (sulfide) groups is 1. The van der Waals surface area contributed by atoms with Gasteiger partial charge in [0.05, 0.1) is 17.9 Å². The fourth-order valence-corrected chi connectivity index (χ4v) is 5.84. The quantitative estimate of drug-likeness (QED) is 0.324. The van der Waals surface area contributed by atoms with E-state index < -0.39 is 0 Å². The molecule has 2 aromatic carbocycles. The zero-order valence-corrected chi connectivity index (χ0v) is 21.4. The van der Waals surface area contributed by atoms with Crippen molar-refractivity contribution in [1.82, 2.24) is 9.88 Å². The van der Waals surface area contributed by atoms with Crippen LogP contribution in [0, 0.1) is 0 Å². The third-order valence-corrected chi connectivity index (χ3v) is 8.23. The molecular weight excluding hydrogens is 498 g/mol. The predicted octanol–water partition coefficient (Wildman–Crippen LogP) is 3.94. The molecule has 0 radical (unpaired) electrons. The lowest BCUT2D eigenvalue weighted by atomic mass is 10.1. The predicted molar refractivity (Wildman–Crippen MR) is 139 cm³/mol. The van der Waals surface area contributed by atoms with Crippen LogP contribution < -0.4 is 14.4 Å². The van der Waals surface area contributed by atoms with E-state index in [1.807, 2.05) is 34.5 Å². The van der Waals surface area contributed by atoms with Gasteiger partial charge in [-0.05, 0) is 49.4 Å². The van der Waals surface area contributed by atoms with Crippen LogP contribution in [0.2, 0.25) is 0 Å². The number of nitrogens with zero attached hydrogens (tertiary/aromatic N) is 3. The van der Waals surface area contributed by atoms with Crippen LogP contribution in [-0.2, 0) is 11.2 Å². The van der Waals surface area contributed by atoms with Crippen LogP contribution in [0.25, 0.3) is 0 Å². The molecule has 0 atom stereocenters. The second kappa shape index (κ2) is 10.7. The number of ketones is 2. The van der Waals surface area contributed by atoms with E-state index in [9.17, 15) is 14.4 Å². The first kappa shape index (κ1) is 24.3. The van der Waals surface area contributed by atoms with E-state index in [-0.39, 0.29) is 36.4 Å². The molecule has 0 unspecified atom stereocenters. The van der Waals surface area contributed by atoms with Crippen molar-refractivity contribution in [3.05, 3.63) is 64.7 Å². The number of Topliss-reactive ketones (excluding diaryl/α,β-unsaturated/α-hetero) is 2. The van der Waals surface area contributed by atoms with Crippen LogP contribution >= 0.6 is 23.1 Å². The van der Waals surface area contributed by atoms with Crippen molar-refractivity contribution in [1.29, 1.82) is 0 Å². The Kier molecular flexibility index (Phi) is 7.24. The van der Waals surface area contributed by atoms with Gasteiger partial charge in [-0.25, -0.2) is 4.98 Å². The molecule has 36 heavy (non-hydrogen) atoms. The van der Waals surface area contributed by atoms with E-state index in [1.54, 1.807) is 25.1 Å². The second-order valence-electron chi connectivity index (χ2n) is 8.53. The normalized spacial score (nSPS) is 14.7. The summed E-state index contributed by atoms with van der Waals surface area (Å²) >= 11 is 2.82. The molecule has 8 nitrogen and oxygen atoms in total. The summed E-state index contributed by atoms with van der Waals surface area (Å²) in [5, 5.41) is 1.89. The van der Waals surface area contributed by atoms with Gasteiger partial charge in [0.15, 0.2) is 27.4 Å². The summed E-state index contributed by atoms with van der Waals surface area (Å²) in [5.41, 5.74) is 3.06. The van der Waals surface area contributed by atoms with Gasteiger partial charge in [-0.3, -0.25) is 14.4 Å². The van der Waals surface area contributed by atoms with Crippen molar-refractivity contribution in [2.75, 3.05) is 43.6 Å². The van der Waals surface area contributed by atoms with E-state index in [4.69, 9.17) is 9.47 Å². The standard InChI is InChI=1S/C26H25N3O5S2/c1-17(30)18-2-5-21(6-3-18)28-8-10-29(11-9-28)25(32)13-20-14-35-26(27-20)36-15-22(31)19-4-7-23-24(12-19)34-16-33-23/h2-7,12,14H,8-11,13,15-16H2,1H3. The molecule has 0 spiro atoms. The summed E-state index contributed by atoms with van der Waals surface area (Å²) in [6.07, 6.45) is 0.250. The van der Waals surface area contributed by atoms with E-state index >= 15 is 0 Å². The topological polar surface area (TPSA) is 89.0 Å². The maximum Gasteiger partial charge on any atom is 0.231 e. The van der Waals surface area contributed by atoms with Gasteiger partial charge < -0.3 is 19.3 Å². The maximum atomic E-state index is 12.8. The molecule has 2 aliphatic rings. The lowest BCUT2D eigenvalue weighted by Crippen LogP contribution is -2.49. The molecule has 2 aliphatic heterocycles. The number of hydrogen-bond acceptors (Lipinski definition) is 9. The highest BCUT2D eigenvalue weighted by atomic mass is 32.2. The Hall–Kier alpha value is -3.37. The van der Waals surface area contributed by atoms with Crippen molar-refractivity contribution < 1.29 is 23.9 Å². The molecule has 1 saturated heterocycles. The number of ether oxygens (including phenoxy) is 2. The Labute approximate surface area is 217 Å².